The van der Waals surface area contributed by atoms with Gasteiger partial charge in [0.1, 0.15) is 5.69 Å². The monoisotopic (exact) mass is 323 g/mol. The normalized spacial score (nSPS) is 12.2. The second-order valence-electron chi connectivity index (χ2n) is 5.77. The quantitative estimate of drug-likeness (QED) is 0.443. The summed E-state index contributed by atoms with van der Waals surface area (Å²) in [5, 5.41) is 10.5. The second-order valence-corrected chi connectivity index (χ2v) is 5.77. The summed E-state index contributed by atoms with van der Waals surface area (Å²) in [5.41, 5.74) is 4.36. The van der Waals surface area contributed by atoms with E-state index in [1.807, 2.05) is 77.3 Å². The van der Waals surface area contributed by atoms with E-state index in [0.29, 0.717) is 0 Å². The molecule has 1 aromatic carbocycles. The molecule has 25 heavy (non-hydrogen) atoms. The molecule has 3 heterocycles. The zero-order valence-corrected chi connectivity index (χ0v) is 13.2. The number of hydrogen-bond donors (Lipinski definition) is 0. The summed E-state index contributed by atoms with van der Waals surface area (Å²) in [5.74, 6) is 0. The average molecular weight is 323 g/mol. The van der Waals surface area contributed by atoms with Crippen molar-refractivity contribution >= 4 is 22.2 Å². The van der Waals surface area contributed by atoms with Crippen molar-refractivity contribution in [3.8, 4) is 11.4 Å². The molecular formula is C20H13N5. The first-order chi connectivity index (χ1) is 12.4. The van der Waals surface area contributed by atoms with Crippen LogP contribution in [0.15, 0.2) is 84.1 Å². The highest BCUT2D eigenvalue weighted by molar-refractivity contribution is 5.88. The molecule has 118 valence electrons. The first-order valence-corrected chi connectivity index (χ1v) is 8.01. The zero-order chi connectivity index (χ0) is 16.6. The van der Waals surface area contributed by atoms with E-state index in [9.17, 15) is 0 Å². The van der Waals surface area contributed by atoms with Crippen LogP contribution < -0.4 is 5.36 Å². The lowest BCUT2D eigenvalue weighted by molar-refractivity contribution is 0.969. The topological polar surface area (TPSA) is 55.4 Å². The lowest BCUT2D eigenvalue weighted by atomic mass is 10.2. The number of hydrogen-bond acceptors (Lipinski definition) is 4. The van der Waals surface area contributed by atoms with Crippen molar-refractivity contribution in [2.24, 2.45) is 4.99 Å². The number of benzene rings is 2. The van der Waals surface area contributed by atoms with E-state index in [0.717, 1.165) is 39.0 Å². The van der Waals surface area contributed by atoms with Gasteiger partial charge in [-0.3, -0.25) is 9.38 Å². The van der Waals surface area contributed by atoms with E-state index in [4.69, 9.17) is 4.99 Å². The second kappa shape index (κ2) is 5.49. The van der Waals surface area contributed by atoms with Gasteiger partial charge in [-0.1, -0.05) is 24.3 Å². The van der Waals surface area contributed by atoms with E-state index in [1.54, 1.807) is 6.20 Å². The molecular weight excluding hydrogens is 310 g/mol. The van der Waals surface area contributed by atoms with E-state index in [1.165, 1.54) is 0 Å². The molecule has 0 spiro atoms. The standard InChI is InChI=1S/C20H13N5/c1-2-12-25-18-13-15(9-10-16(18)23-24-19(25)8-1)22-17-7-3-5-14-6-4-11-21-20(14)17/h1-13H. The van der Waals surface area contributed by atoms with Crippen LogP contribution in [0.4, 0.5) is 5.69 Å². The number of nitrogens with zero attached hydrogens (tertiary/aromatic N) is 5. The summed E-state index contributed by atoms with van der Waals surface area (Å²) in [6.45, 7) is 0. The fourth-order valence-corrected chi connectivity index (χ4v) is 3.00. The molecule has 0 atom stereocenters. The molecule has 0 radical (unpaired) electrons. The number of aromatic nitrogens is 4. The Morgan fingerprint density at radius 2 is 1.80 bits per heavy atom. The molecule has 0 bridgehead atoms. The largest absolute Gasteiger partial charge is 0.298 e. The maximum Gasteiger partial charge on any atom is 0.159 e. The first-order valence-electron chi connectivity index (χ1n) is 8.01. The third-order valence-electron chi connectivity index (χ3n) is 4.18. The zero-order valence-electron chi connectivity index (χ0n) is 13.2. The summed E-state index contributed by atoms with van der Waals surface area (Å²) >= 11 is 0. The van der Waals surface area contributed by atoms with Crippen LogP contribution in [-0.4, -0.2) is 19.6 Å². The predicted octanol–water partition coefficient (Wildman–Crippen LogP) is 3.61. The fraction of sp³-hybridized carbons (Fsp3) is 0. The van der Waals surface area contributed by atoms with Crippen molar-refractivity contribution in [3.63, 3.8) is 0 Å². The van der Waals surface area contributed by atoms with Crippen LogP contribution in [0.5, 0.6) is 0 Å². The van der Waals surface area contributed by atoms with Gasteiger partial charge < -0.3 is 0 Å². The molecule has 5 rings (SSSR count). The molecule has 3 aromatic rings. The summed E-state index contributed by atoms with van der Waals surface area (Å²) in [6.07, 6.45) is 3.77. The summed E-state index contributed by atoms with van der Waals surface area (Å²) in [7, 11) is 0. The van der Waals surface area contributed by atoms with Crippen LogP contribution in [0.1, 0.15) is 0 Å². The number of pyridine rings is 2. The Morgan fingerprint density at radius 1 is 0.840 bits per heavy atom. The highest BCUT2D eigenvalue weighted by atomic mass is 15.2. The van der Waals surface area contributed by atoms with Gasteiger partial charge in [0, 0.05) is 17.8 Å². The molecule has 2 aromatic heterocycles. The first kappa shape index (κ1) is 13.8. The molecule has 1 aliphatic carbocycles. The maximum absolute atomic E-state index is 4.80. The van der Waals surface area contributed by atoms with E-state index >= 15 is 0 Å². The molecule has 1 aliphatic heterocycles. The molecule has 0 saturated heterocycles. The number of fused-ring (bicyclic) bond motifs is 4. The van der Waals surface area contributed by atoms with Gasteiger partial charge in [-0.2, -0.15) is 0 Å². The molecule has 0 amide bonds. The molecule has 0 saturated carbocycles. The van der Waals surface area contributed by atoms with Gasteiger partial charge in [-0.15, -0.1) is 10.2 Å². The van der Waals surface area contributed by atoms with Crippen LogP contribution in [0.25, 0.3) is 27.9 Å². The van der Waals surface area contributed by atoms with Crippen LogP contribution in [0, 0.1) is 0 Å². The Morgan fingerprint density at radius 3 is 2.80 bits per heavy atom. The Balaban J connectivity index is 1.79. The van der Waals surface area contributed by atoms with Crippen molar-refractivity contribution in [3.05, 3.63) is 84.5 Å². The van der Waals surface area contributed by atoms with Gasteiger partial charge in [-0.05, 0) is 42.5 Å². The van der Waals surface area contributed by atoms with Crippen LogP contribution >= 0.6 is 0 Å². The minimum Gasteiger partial charge on any atom is -0.298 e. The Bertz CT molecular complexity index is 1250. The lowest BCUT2D eigenvalue weighted by Gasteiger charge is -2.09. The molecule has 0 unspecified atom stereocenters. The summed E-state index contributed by atoms with van der Waals surface area (Å²) in [4.78, 5) is 9.27. The number of para-hydroxylation sites is 1. The molecule has 0 N–H and O–H groups in total. The van der Waals surface area contributed by atoms with E-state index < -0.39 is 0 Å². The van der Waals surface area contributed by atoms with Gasteiger partial charge in [0.25, 0.3) is 0 Å². The average Bonchev–Trinajstić information content (AvgIpc) is 2.68. The Labute approximate surface area is 143 Å². The third-order valence-corrected chi connectivity index (χ3v) is 4.18. The Hall–Kier alpha value is -3.60. The molecule has 5 nitrogen and oxygen atoms in total. The van der Waals surface area contributed by atoms with Crippen molar-refractivity contribution in [1.82, 2.24) is 19.6 Å². The van der Waals surface area contributed by atoms with Crippen molar-refractivity contribution in [2.75, 3.05) is 0 Å². The Kier molecular flexibility index (Phi) is 3.03. The number of rotatable bonds is 1. The lowest BCUT2D eigenvalue weighted by Crippen LogP contribution is -2.08. The third kappa shape index (κ3) is 2.33. The summed E-state index contributed by atoms with van der Waals surface area (Å²) < 4.78 is 2.02. The van der Waals surface area contributed by atoms with Crippen LogP contribution in [0.2, 0.25) is 0 Å². The smallest absolute Gasteiger partial charge is 0.159 e. The van der Waals surface area contributed by atoms with Crippen molar-refractivity contribution in [2.45, 2.75) is 0 Å². The van der Waals surface area contributed by atoms with Gasteiger partial charge in [0.15, 0.2) is 5.65 Å². The van der Waals surface area contributed by atoms with Crippen molar-refractivity contribution < 1.29 is 0 Å². The van der Waals surface area contributed by atoms with Gasteiger partial charge >= 0.3 is 0 Å². The van der Waals surface area contributed by atoms with Gasteiger partial charge in [-0.25, -0.2) is 4.99 Å². The minimum atomic E-state index is 0.805. The molecule has 0 fully saturated rings. The van der Waals surface area contributed by atoms with E-state index in [2.05, 4.69) is 15.2 Å². The van der Waals surface area contributed by atoms with E-state index in [-0.39, 0.29) is 0 Å². The van der Waals surface area contributed by atoms with Crippen molar-refractivity contribution in [1.29, 1.82) is 0 Å². The highest BCUT2D eigenvalue weighted by Crippen LogP contribution is 2.23. The molecule has 5 heteroatoms. The fourth-order valence-electron chi connectivity index (χ4n) is 3.00. The maximum atomic E-state index is 4.80. The van der Waals surface area contributed by atoms with Crippen LogP contribution in [-0.2, 0) is 0 Å². The minimum absolute atomic E-state index is 0.805. The highest BCUT2D eigenvalue weighted by Gasteiger charge is 2.08. The van der Waals surface area contributed by atoms with Gasteiger partial charge in [0.05, 0.1) is 22.3 Å². The molecule has 2 aliphatic rings. The predicted molar refractivity (Wildman–Crippen MR) is 96.6 cm³/mol. The van der Waals surface area contributed by atoms with Crippen LogP contribution in [0.3, 0.4) is 0 Å². The summed E-state index contributed by atoms with van der Waals surface area (Å²) in [6, 6.07) is 21.8. The SMILES string of the molecule is c1cnc2c(N=c3ccc4nnc5ccccn5c-4c3)cccc2c1. The van der Waals surface area contributed by atoms with Gasteiger partial charge in [0.2, 0.25) is 0 Å².